The number of benzene rings is 1. The van der Waals surface area contributed by atoms with E-state index in [1.54, 1.807) is 5.32 Å². The number of nitrogens with zero attached hydrogens (tertiary/aromatic N) is 1. The van der Waals surface area contributed by atoms with Crippen LogP contribution in [0.25, 0.3) is 0 Å². The third-order valence-electron chi connectivity index (χ3n) is 2.02. The molecule has 3 nitrogen and oxygen atoms in total. The van der Waals surface area contributed by atoms with E-state index in [9.17, 15) is 22.4 Å². The Kier molecular flexibility index (Phi) is 3.28. The van der Waals surface area contributed by atoms with Crippen LogP contribution in [-0.4, -0.2) is 10.9 Å². The van der Waals surface area contributed by atoms with Gasteiger partial charge in [0.1, 0.15) is 11.4 Å². The third kappa shape index (κ3) is 2.19. The fourth-order valence-electron chi connectivity index (χ4n) is 1.19. The van der Waals surface area contributed by atoms with Crippen LogP contribution in [-0.2, 0) is 0 Å². The summed E-state index contributed by atoms with van der Waals surface area (Å²) in [6, 6.07) is 0.0587. The lowest BCUT2D eigenvalue weighted by Crippen LogP contribution is -2.16. The molecule has 0 saturated heterocycles. The van der Waals surface area contributed by atoms with Crippen LogP contribution in [0.15, 0.2) is 17.0 Å². The van der Waals surface area contributed by atoms with Crippen molar-refractivity contribution in [2.45, 2.75) is 0 Å². The molecule has 8 heteroatoms. The molecule has 0 spiro atoms. The van der Waals surface area contributed by atoms with Gasteiger partial charge in [-0.15, -0.1) is 11.3 Å². The minimum atomic E-state index is -1.67. The lowest BCUT2D eigenvalue weighted by atomic mass is 10.2. The number of nitrogens with one attached hydrogen (secondary N) is 1. The van der Waals surface area contributed by atoms with E-state index in [0.29, 0.717) is 0 Å². The molecule has 2 aromatic rings. The zero-order valence-corrected chi connectivity index (χ0v) is 9.32. The van der Waals surface area contributed by atoms with Gasteiger partial charge in [0, 0.05) is 11.4 Å². The average Bonchev–Trinajstić information content (AvgIpc) is 2.85. The molecule has 2 rings (SSSR count). The minimum Gasteiger partial charge on any atom is -0.315 e. The van der Waals surface area contributed by atoms with Gasteiger partial charge in [-0.25, -0.2) is 22.5 Å². The van der Waals surface area contributed by atoms with E-state index in [-0.39, 0.29) is 11.8 Å². The molecule has 1 N–H and O–H groups in total. The molecule has 94 valence electrons. The molecule has 0 unspecified atom stereocenters. The first-order valence-electron chi connectivity index (χ1n) is 4.53. The minimum absolute atomic E-state index is 0.0587. The number of carbonyl (C=O) groups is 1. The summed E-state index contributed by atoms with van der Waals surface area (Å²) >= 11 is 1.09. The van der Waals surface area contributed by atoms with Crippen molar-refractivity contribution < 1.29 is 22.4 Å². The highest BCUT2D eigenvalue weighted by atomic mass is 32.1. The van der Waals surface area contributed by atoms with Gasteiger partial charge >= 0.3 is 0 Å². The molecule has 0 saturated carbocycles. The highest BCUT2D eigenvalue weighted by Gasteiger charge is 2.21. The van der Waals surface area contributed by atoms with Crippen LogP contribution in [0.2, 0.25) is 0 Å². The van der Waals surface area contributed by atoms with Gasteiger partial charge in [-0.2, -0.15) is 0 Å². The van der Waals surface area contributed by atoms with E-state index in [1.165, 1.54) is 10.9 Å². The van der Waals surface area contributed by atoms with Crippen molar-refractivity contribution in [1.29, 1.82) is 0 Å². The summed E-state index contributed by atoms with van der Waals surface area (Å²) < 4.78 is 52.2. The van der Waals surface area contributed by atoms with Crippen molar-refractivity contribution in [2.75, 3.05) is 5.32 Å². The van der Waals surface area contributed by atoms with Crippen LogP contribution in [0.4, 0.5) is 23.2 Å². The van der Waals surface area contributed by atoms with Crippen LogP contribution in [0.3, 0.4) is 0 Å². The summed E-state index contributed by atoms with van der Waals surface area (Å²) in [6.45, 7) is 0. The van der Waals surface area contributed by atoms with Crippen molar-refractivity contribution in [3.8, 4) is 0 Å². The molecular formula is C10H4F4N2OS. The van der Waals surface area contributed by atoms with Crippen LogP contribution >= 0.6 is 11.3 Å². The number of hydrogen-bond donors (Lipinski definition) is 1. The first-order valence-corrected chi connectivity index (χ1v) is 5.47. The first kappa shape index (κ1) is 12.5. The number of halogens is 4. The van der Waals surface area contributed by atoms with Gasteiger partial charge in [0.15, 0.2) is 23.3 Å². The molecule has 1 aromatic heterocycles. The monoisotopic (exact) mass is 276 g/mol. The number of hydrogen-bond acceptors (Lipinski definition) is 3. The Balaban J connectivity index is 2.38. The lowest BCUT2D eigenvalue weighted by Gasteiger charge is -2.07. The maximum Gasteiger partial charge on any atom is 0.275 e. The number of anilines is 1. The van der Waals surface area contributed by atoms with Crippen LogP contribution < -0.4 is 5.32 Å². The molecule has 0 bridgehead atoms. The number of thiazole rings is 1. The zero-order chi connectivity index (χ0) is 13.3. The fourth-order valence-corrected chi connectivity index (χ4v) is 1.72. The second kappa shape index (κ2) is 4.73. The molecule has 0 radical (unpaired) electrons. The van der Waals surface area contributed by atoms with E-state index in [2.05, 4.69) is 4.98 Å². The quantitative estimate of drug-likeness (QED) is 0.677. The largest absolute Gasteiger partial charge is 0.315 e. The smallest absolute Gasteiger partial charge is 0.275 e. The molecule has 0 atom stereocenters. The maximum atomic E-state index is 13.2. The Bertz CT molecular complexity index is 574. The van der Waals surface area contributed by atoms with E-state index >= 15 is 0 Å². The Morgan fingerprint density at radius 2 is 1.78 bits per heavy atom. The SMILES string of the molecule is O=C(Nc1c(F)c(F)cc(F)c1F)c1cscn1. The van der Waals surface area contributed by atoms with E-state index in [4.69, 9.17) is 0 Å². The van der Waals surface area contributed by atoms with Crippen molar-refractivity contribution in [3.63, 3.8) is 0 Å². The van der Waals surface area contributed by atoms with Gasteiger partial charge in [0.2, 0.25) is 0 Å². The summed E-state index contributed by atoms with van der Waals surface area (Å²) in [4.78, 5) is 15.0. The van der Waals surface area contributed by atoms with Crippen molar-refractivity contribution in [1.82, 2.24) is 4.98 Å². The van der Waals surface area contributed by atoms with Crippen molar-refractivity contribution in [3.05, 3.63) is 45.9 Å². The fraction of sp³-hybridized carbons (Fsp3) is 0. The Labute approximate surface area is 102 Å². The van der Waals surface area contributed by atoms with Crippen molar-refractivity contribution in [2.24, 2.45) is 0 Å². The summed E-state index contributed by atoms with van der Waals surface area (Å²) in [6.07, 6.45) is 0. The van der Waals surface area contributed by atoms with Gasteiger partial charge < -0.3 is 5.32 Å². The van der Waals surface area contributed by atoms with Gasteiger partial charge in [-0.3, -0.25) is 4.79 Å². The molecule has 0 aliphatic rings. The average molecular weight is 276 g/mol. The lowest BCUT2D eigenvalue weighted by molar-refractivity contribution is 0.102. The molecule has 0 aliphatic heterocycles. The molecule has 0 aliphatic carbocycles. The predicted octanol–water partition coefficient (Wildman–Crippen LogP) is 2.95. The summed E-state index contributed by atoms with van der Waals surface area (Å²) in [5.41, 5.74) is 0.0438. The highest BCUT2D eigenvalue weighted by molar-refractivity contribution is 7.07. The van der Waals surface area contributed by atoms with Crippen LogP contribution in [0.5, 0.6) is 0 Å². The van der Waals surface area contributed by atoms with Gasteiger partial charge in [0.05, 0.1) is 5.51 Å². The number of aromatic nitrogens is 1. The molecule has 18 heavy (non-hydrogen) atoms. The van der Waals surface area contributed by atoms with E-state index in [1.807, 2.05) is 0 Å². The van der Waals surface area contributed by atoms with Gasteiger partial charge in [-0.1, -0.05) is 0 Å². The second-order valence-electron chi connectivity index (χ2n) is 3.17. The normalized spacial score (nSPS) is 10.4. The zero-order valence-electron chi connectivity index (χ0n) is 8.51. The number of rotatable bonds is 2. The molecule has 1 amide bonds. The molecular weight excluding hydrogens is 272 g/mol. The molecule has 1 aromatic carbocycles. The van der Waals surface area contributed by atoms with E-state index in [0.717, 1.165) is 11.3 Å². The predicted molar refractivity (Wildman–Crippen MR) is 56.3 cm³/mol. The number of carbonyl (C=O) groups excluding carboxylic acids is 1. The highest BCUT2D eigenvalue weighted by Crippen LogP contribution is 2.24. The number of amides is 1. The Hall–Kier alpha value is -1.96. The van der Waals surface area contributed by atoms with Gasteiger partial charge in [0.25, 0.3) is 5.91 Å². The molecule has 1 heterocycles. The Morgan fingerprint density at radius 1 is 1.17 bits per heavy atom. The first-order chi connectivity index (χ1) is 8.50. The topological polar surface area (TPSA) is 42.0 Å². The maximum absolute atomic E-state index is 13.2. The standard InChI is InChI=1S/C10H4F4N2OS/c11-4-1-5(12)8(14)9(7(4)13)16-10(17)6-2-18-3-15-6/h1-3H,(H,16,17). The summed E-state index contributed by atoms with van der Waals surface area (Å²) in [5.74, 6) is -7.49. The van der Waals surface area contributed by atoms with Crippen LogP contribution in [0.1, 0.15) is 10.5 Å². The summed E-state index contributed by atoms with van der Waals surface area (Å²) in [7, 11) is 0. The van der Waals surface area contributed by atoms with Crippen molar-refractivity contribution >= 4 is 22.9 Å². The Morgan fingerprint density at radius 3 is 2.28 bits per heavy atom. The molecule has 0 fully saturated rings. The second-order valence-corrected chi connectivity index (χ2v) is 3.89. The summed E-state index contributed by atoms with van der Waals surface area (Å²) in [5, 5.41) is 3.06. The van der Waals surface area contributed by atoms with Crippen LogP contribution in [0, 0.1) is 23.3 Å². The third-order valence-corrected chi connectivity index (χ3v) is 2.60. The van der Waals surface area contributed by atoms with E-state index < -0.39 is 34.9 Å². The van der Waals surface area contributed by atoms with Gasteiger partial charge in [-0.05, 0) is 0 Å².